The van der Waals surface area contributed by atoms with E-state index in [9.17, 15) is 9.59 Å². The summed E-state index contributed by atoms with van der Waals surface area (Å²) in [5, 5.41) is 0. The van der Waals surface area contributed by atoms with Gasteiger partial charge in [0, 0.05) is 23.6 Å². The van der Waals surface area contributed by atoms with Gasteiger partial charge in [0.1, 0.15) is 5.75 Å². The minimum absolute atomic E-state index is 0.184. The van der Waals surface area contributed by atoms with Gasteiger partial charge in [0.15, 0.2) is 0 Å². The predicted molar refractivity (Wildman–Crippen MR) is 73.3 cm³/mol. The zero-order valence-electron chi connectivity index (χ0n) is 11.3. The third kappa shape index (κ3) is 2.88. The van der Waals surface area contributed by atoms with E-state index in [1.54, 1.807) is 37.1 Å². The van der Waals surface area contributed by atoms with Crippen LogP contribution in [0.4, 0.5) is 0 Å². The van der Waals surface area contributed by atoms with Crippen molar-refractivity contribution in [2.24, 2.45) is 0 Å². The number of aromatic nitrogens is 1. The molecule has 0 saturated heterocycles. The number of carbonyl (C=O) groups excluding carboxylic acids is 2. The summed E-state index contributed by atoms with van der Waals surface area (Å²) in [6, 6.07) is 8.95. The molecule has 0 fully saturated rings. The average Bonchev–Trinajstić information content (AvgIpc) is 2.96. The highest BCUT2D eigenvalue weighted by atomic mass is 16.5. The fourth-order valence-corrected chi connectivity index (χ4v) is 1.76. The molecule has 1 aromatic carbocycles. The summed E-state index contributed by atoms with van der Waals surface area (Å²) in [5.41, 5.74) is 1.17. The van der Waals surface area contributed by atoms with Crippen LogP contribution in [-0.4, -0.2) is 30.0 Å². The first-order valence-electron chi connectivity index (χ1n) is 6.19. The Balaban J connectivity index is 2.19. The number of carbonyl (C=O) groups is 2. The molecule has 2 aromatic rings. The molecule has 0 saturated carbocycles. The van der Waals surface area contributed by atoms with E-state index in [1.165, 1.54) is 0 Å². The highest BCUT2D eigenvalue weighted by Crippen LogP contribution is 2.16. The van der Waals surface area contributed by atoms with Crippen molar-refractivity contribution in [3.63, 3.8) is 0 Å². The topological polar surface area (TPSA) is 57.5 Å². The standard InChI is InChI=1S/C15H15NO4/c1-3-20-15(18)14(17)11-8-9-16(10-11)12-4-6-13(19-2)7-5-12/h4-10H,3H2,1-2H3. The Morgan fingerprint density at radius 2 is 1.85 bits per heavy atom. The minimum atomic E-state index is -0.833. The highest BCUT2D eigenvalue weighted by Gasteiger charge is 2.18. The normalized spacial score (nSPS) is 10.1. The number of hydrogen-bond donors (Lipinski definition) is 0. The predicted octanol–water partition coefficient (Wildman–Crippen LogP) is 2.23. The van der Waals surface area contributed by atoms with Gasteiger partial charge in [-0.3, -0.25) is 4.79 Å². The Hall–Kier alpha value is -2.56. The van der Waals surface area contributed by atoms with Gasteiger partial charge in [-0.1, -0.05) is 0 Å². The van der Waals surface area contributed by atoms with E-state index in [1.807, 2.05) is 24.3 Å². The molecule has 104 valence electrons. The second kappa shape index (κ2) is 6.06. The minimum Gasteiger partial charge on any atom is -0.497 e. The van der Waals surface area contributed by atoms with Gasteiger partial charge in [-0.2, -0.15) is 0 Å². The lowest BCUT2D eigenvalue weighted by molar-refractivity contribution is -0.137. The molecule has 0 radical (unpaired) electrons. The monoisotopic (exact) mass is 273 g/mol. The lowest BCUT2D eigenvalue weighted by atomic mass is 10.2. The van der Waals surface area contributed by atoms with Crippen molar-refractivity contribution in [3.05, 3.63) is 48.3 Å². The first-order chi connectivity index (χ1) is 9.65. The molecule has 0 unspecified atom stereocenters. The van der Waals surface area contributed by atoms with Crippen LogP contribution in [0.15, 0.2) is 42.7 Å². The van der Waals surface area contributed by atoms with Gasteiger partial charge < -0.3 is 14.0 Å². The number of benzene rings is 1. The van der Waals surface area contributed by atoms with Crippen LogP contribution < -0.4 is 4.74 Å². The summed E-state index contributed by atoms with van der Waals surface area (Å²) in [6.07, 6.45) is 3.31. The third-order valence-corrected chi connectivity index (χ3v) is 2.79. The average molecular weight is 273 g/mol. The molecule has 0 bridgehead atoms. The molecule has 5 nitrogen and oxygen atoms in total. The molecule has 0 amide bonds. The molecule has 0 spiro atoms. The van der Waals surface area contributed by atoms with Crippen molar-refractivity contribution in [2.45, 2.75) is 6.92 Å². The van der Waals surface area contributed by atoms with Gasteiger partial charge in [0.2, 0.25) is 0 Å². The lowest BCUT2D eigenvalue weighted by Crippen LogP contribution is -2.16. The number of Topliss-reactive ketones (excluding diaryl/α,β-unsaturated/α-hetero) is 1. The largest absolute Gasteiger partial charge is 0.497 e. The summed E-state index contributed by atoms with van der Waals surface area (Å²) < 4.78 is 11.5. The summed E-state index contributed by atoms with van der Waals surface area (Å²) in [5.74, 6) is -0.720. The molecule has 20 heavy (non-hydrogen) atoms. The van der Waals surface area contributed by atoms with E-state index in [2.05, 4.69) is 4.74 Å². The van der Waals surface area contributed by atoms with E-state index >= 15 is 0 Å². The molecule has 0 atom stereocenters. The Bertz CT molecular complexity index is 613. The summed E-state index contributed by atoms with van der Waals surface area (Å²) in [7, 11) is 1.60. The van der Waals surface area contributed by atoms with E-state index in [0.29, 0.717) is 5.56 Å². The SMILES string of the molecule is CCOC(=O)C(=O)c1ccn(-c2ccc(OC)cc2)c1. The molecule has 1 aromatic heterocycles. The molecule has 0 N–H and O–H groups in total. The van der Waals surface area contributed by atoms with E-state index in [0.717, 1.165) is 11.4 Å². The number of rotatable bonds is 5. The summed E-state index contributed by atoms with van der Waals surface area (Å²) >= 11 is 0. The molecule has 0 aliphatic heterocycles. The molecular weight excluding hydrogens is 258 g/mol. The zero-order valence-corrected chi connectivity index (χ0v) is 11.3. The van der Waals surface area contributed by atoms with Crippen LogP contribution in [0.3, 0.4) is 0 Å². The number of esters is 1. The highest BCUT2D eigenvalue weighted by molar-refractivity contribution is 6.40. The molecule has 2 rings (SSSR count). The second-order valence-corrected chi connectivity index (χ2v) is 4.06. The van der Waals surface area contributed by atoms with Crippen molar-refractivity contribution in [2.75, 3.05) is 13.7 Å². The van der Waals surface area contributed by atoms with Crippen LogP contribution in [-0.2, 0) is 9.53 Å². The van der Waals surface area contributed by atoms with E-state index < -0.39 is 11.8 Å². The van der Waals surface area contributed by atoms with Crippen LogP contribution in [0, 0.1) is 0 Å². The van der Waals surface area contributed by atoms with E-state index in [4.69, 9.17) is 4.74 Å². The number of hydrogen-bond acceptors (Lipinski definition) is 4. The molecule has 5 heteroatoms. The Labute approximate surface area is 116 Å². The Morgan fingerprint density at radius 3 is 2.45 bits per heavy atom. The van der Waals surface area contributed by atoms with Gasteiger partial charge in [0.25, 0.3) is 5.78 Å². The first-order valence-corrected chi connectivity index (χ1v) is 6.19. The Morgan fingerprint density at radius 1 is 1.15 bits per heavy atom. The van der Waals surface area contributed by atoms with Gasteiger partial charge in [-0.25, -0.2) is 4.79 Å². The van der Waals surface area contributed by atoms with Crippen molar-refractivity contribution in [1.82, 2.24) is 4.57 Å². The van der Waals surface area contributed by atoms with Crippen molar-refractivity contribution < 1.29 is 19.1 Å². The van der Waals surface area contributed by atoms with Gasteiger partial charge in [-0.05, 0) is 37.3 Å². The second-order valence-electron chi connectivity index (χ2n) is 4.06. The fraction of sp³-hybridized carbons (Fsp3) is 0.200. The third-order valence-electron chi connectivity index (χ3n) is 2.79. The van der Waals surface area contributed by atoms with Crippen LogP contribution in [0.25, 0.3) is 5.69 Å². The smallest absolute Gasteiger partial charge is 0.379 e. The molecule has 0 aliphatic rings. The maximum Gasteiger partial charge on any atom is 0.379 e. The number of methoxy groups -OCH3 is 1. The zero-order chi connectivity index (χ0) is 14.5. The summed E-state index contributed by atoms with van der Waals surface area (Å²) in [4.78, 5) is 23.1. The van der Waals surface area contributed by atoms with Crippen molar-refractivity contribution in [3.8, 4) is 11.4 Å². The summed E-state index contributed by atoms with van der Waals surface area (Å²) in [6.45, 7) is 1.84. The van der Waals surface area contributed by atoms with Gasteiger partial charge >= 0.3 is 5.97 Å². The molecule has 0 aliphatic carbocycles. The maximum absolute atomic E-state index is 11.8. The van der Waals surface area contributed by atoms with Crippen molar-refractivity contribution in [1.29, 1.82) is 0 Å². The van der Waals surface area contributed by atoms with Crippen LogP contribution in [0.5, 0.6) is 5.75 Å². The van der Waals surface area contributed by atoms with Crippen LogP contribution in [0.1, 0.15) is 17.3 Å². The van der Waals surface area contributed by atoms with Gasteiger partial charge in [0.05, 0.1) is 13.7 Å². The molecular formula is C15H15NO4. The quantitative estimate of drug-likeness (QED) is 0.476. The number of ketones is 1. The van der Waals surface area contributed by atoms with Crippen molar-refractivity contribution >= 4 is 11.8 Å². The fourth-order valence-electron chi connectivity index (χ4n) is 1.76. The first kappa shape index (κ1) is 13.9. The lowest BCUT2D eigenvalue weighted by Gasteiger charge is -2.04. The number of ether oxygens (including phenoxy) is 2. The van der Waals surface area contributed by atoms with E-state index in [-0.39, 0.29) is 6.61 Å². The maximum atomic E-state index is 11.8. The van der Waals surface area contributed by atoms with Crippen LogP contribution >= 0.6 is 0 Å². The Kier molecular flexibility index (Phi) is 4.20. The van der Waals surface area contributed by atoms with Crippen LogP contribution in [0.2, 0.25) is 0 Å². The molecule has 1 heterocycles. The number of nitrogens with zero attached hydrogens (tertiary/aromatic N) is 1. The van der Waals surface area contributed by atoms with Gasteiger partial charge in [-0.15, -0.1) is 0 Å².